The van der Waals surface area contributed by atoms with E-state index in [2.05, 4.69) is 0 Å². The minimum absolute atomic E-state index is 0.0435. The molecule has 1 fully saturated rings. The Balaban J connectivity index is 2.15. The van der Waals surface area contributed by atoms with Crippen LogP contribution in [0.25, 0.3) is 0 Å². The quantitative estimate of drug-likeness (QED) is 0.730. The van der Waals surface area contributed by atoms with Gasteiger partial charge in [0.2, 0.25) is 0 Å². The van der Waals surface area contributed by atoms with Crippen LogP contribution in [0.3, 0.4) is 0 Å². The first-order valence-corrected chi connectivity index (χ1v) is 4.99. The maximum absolute atomic E-state index is 11.9. The molecule has 0 bridgehead atoms. The first-order valence-electron chi connectivity index (χ1n) is 4.99. The maximum Gasteiger partial charge on any atom is 0.253 e. The molecule has 1 aliphatic rings. The average Bonchev–Trinajstić information content (AvgIpc) is 3.11. The molecule has 0 aliphatic heterocycles. The summed E-state index contributed by atoms with van der Waals surface area (Å²) in [4.78, 5) is 13.6. The molecule has 76 valence electrons. The summed E-state index contributed by atoms with van der Waals surface area (Å²) < 4.78 is 0. The van der Waals surface area contributed by atoms with Gasteiger partial charge in [-0.15, -0.1) is 0 Å². The van der Waals surface area contributed by atoms with Crippen LogP contribution in [-0.2, 0) is 0 Å². The highest BCUT2D eigenvalue weighted by Crippen LogP contribution is 2.26. The molecule has 0 radical (unpaired) electrons. The van der Waals surface area contributed by atoms with Crippen molar-refractivity contribution in [3.63, 3.8) is 0 Å². The van der Waals surface area contributed by atoms with Crippen LogP contribution in [-0.4, -0.2) is 23.9 Å². The second-order valence-corrected chi connectivity index (χ2v) is 3.84. The monoisotopic (exact) mass is 200 g/mol. The smallest absolute Gasteiger partial charge is 0.253 e. The van der Waals surface area contributed by atoms with E-state index in [9.17, 15) is 4.79 Å². The van der Waals surface area contributed by atoms with E-state index >= 15 is 0 Å². The SMILES string of the molecule is CN(C(=O)c1ccc(C#N)cc1)C1CC1. The van der Waals surface area contributed by atoms with Crippen molar-refractivity contribution in [2.24, 2.45) is 0 Å². The number of amides is 1. The summed E-state index contributed by atoms with van der Waals surface area (Å²) in [6.45, 7) is 0. The number of carbonyl (C=O) groups excluding carboxylic acids is 1. The highest BCUT2D eigenvalue weighted by molar-refractivity contribution is 5.94. The van der Waals surface area contributed by atoms with E-state index in [0.717, 1.165) is 12.8 Å². The summed E-state index contributed by atoms with van der Waals surface area (Å²) in [6.07, 6.45) is 2.22. The van der Waals surface area contributed by atoms with Gasteiger partial charge in [0.05, 0.1) is 11.6 Å². The molecule has 0 saturated heterocycles. The molecule has 0 N–H and O–H groups in total. The summed E-state index contributed by atoms with van der Waals surface area (Å²) in [6, 6.07) is 9.22. The Hall–Kier alpha value is -1.82. The molecule has 3 nitrogen and oxygen atoms in total. The van der Waals surface area contributed by atoms with E-state index in [4.69, 9.17) is 5.26 Å². The van der Waals surface area contributed by atoms with Gasteiger partial charge >= 0.3 is 0 Å². The molecule has 0 spiro atoms. The number of nitriles is 1. The normalized spacial score (nSPS) is 14.4. The van der Waals surface area contributed by atoms with Gasteiger partial charge in [-0.2, -0.15) is 5.26 Å². The van der Waals surface area contributed by atoms with E-state index in [1.807, 2.05) is 13.1 Å². The summed E-state index contributed by atoms with van der Waals surface area (Å²) in [5.41, 5.74) is 1.24. The average molecular weight is 200 g/mol. The van der Waals surface area contributed by atoms with Gasteiger partial charge in [0.1, 0.15) is 0 Å². The summed E-state index contributed by atoms with van der Waals surface area (Å²) in [5, 5.41) is 8.63. The van der Waals surface area contributed by atoms with Crippen molar-refractivity contribution in [3.05, 3.63) is 35.4 Å². The zero-order valence-electron chi connectivity index (χ0n) is 8.60. The topological polar surface area (TPSA) is 44.1 Å². The van der Waals surface area contributed by atoms with Crippen LogP contribution in [0, 0.1) is 11.3 Å². The fraction of sp³-hybridized carbons (Fsp3) is 0.333. The van der Waals surface area contributed by atoms with Gasteiger partial charge < -0.3 is 4.90 Å². The Bertz CT molecular complexity index is 412. The molecular formula is C12H12N2O. The largest absolute Gasteiger partial charge is 0.339 e. The van der Waals surface area contributed by atoms with Crippen LogP contribution in [0.5, 0.6) is 0 Å². The third kappa shape index (κ3) is 1.99. The van der Waals surface area contributed by atoms with Crippen molar-refractivity contribution in [1.82, 2.24) is 4.90 Å². The summed E-state index contributed by atoms with van der Waals surface area (Å²) in [5.74, 6) is 0.0435. The zero-order valence-corrected chi connectivity index (χ0v) is 8.60. The first-order chi connectivity index (χ1) is 7.22. The van der Waals surface area contributed by atoms with Gasteiger partial charge in [0, 0.05) is 18.7 Å². The molecule has 0 unspecified atom stereocenters. The van der Waals surface area contributed by atoms with Crippen LogP contribution < -0.4 is 0 Å². The minimum Gasteiger partial charge on any atom is -0.339 e. The van der Waals surface area contributed by atoms with E-state index in [0.29, 0.717) is 17.2 Å². The molecule has 2 rings (SSSR count). The standard InChI is InChI=1S/C12H12N2O/c1-14(11-6-7-11)12(15)10-4-2-9(8-13)3-5-10/h2-5,11H,6-7H2,1H3. The fourth-order valence-electron chi connectivity index (χ4n) is 1.52. The Morgan fingerprint density at radius 3 is 2.47 bits per heavy atom. The van der Waals surface area contributed by atoms with Crippen molar-refractivity contribution in [2.45, 2.75) is 18.9 Å². The van der Waals surface area contributed by atoms with Gasteiger partial charge in [-0.3, -0.25) is 4.79 Å². The number of nitrogens with zero attached hydrogens (tertiary/aromatic N) is 2. The lowest BCUT2D eigenvalue weighted by atomic mass is 10.1. The van der Waals surface area contributed by atoms with Gasteiger partial charge in [0.25, 0.3) is 5.91 Å². The molecule has 15 heavy (non-hydrogen) atoms. The highest BCUT2D eigenvalue weighted by atomic mass is 16.2. The Morgan fingerprint density at radius 1 is 1.40 bits per heavy atom. The molecule has 1 aromatic rings. The fourth-order valence-corrected chi connectivity index (χ4v) is 1.52. The Morgan fingerprint density at radius 2 is 2.00 bits per heavy atom. The van der Waals surface area contributed by atoms with Crippen LogP contribution >= 0.6 is 0 Å². The molecule has 1 amide bonds. The second kappa shape index (κ2) is 3.74. The zero-order chi connectivity index (χ0) is 10.8. The van der Waals surface area contributed by atoms with Gasteiger partial charge in [-0.1, -0.05) is 0 Å². The lowest BCUT2D eigenvalue weighted by Crippen LogP contribution is -2.28. The van der Waals surface area contributed by atoms with Crippen molar-refractivity contribution >= 4 is 5.91 Å². The number of hydrogen-bond donors (Lipinski definition) is 0. The van der Waals surface area contributed by atoms with Crippen molar-refractivity contribution in [3.8, 4) is 6.07 Å². The molecule has 1 aliphatic carbocycles. The van der Waals surface area contributed by atoms with Gasteiger partial charge in [-0.05, 0) is 37.1 Å². The molecule has 0 heterocycles. The van der Waals surface area contributed by atoms with Crippen LogP contribution in [0.4, 0.5) is 0 Å². The van der Waals surface area contributed by atoms with Crippen LogP contribution in [0.2, 0.25) is 0 Å². The second-order valence-electron chi connectivity index (χ2n) is 3.84. The summed E-state index contributed by atoms with van der Waals surface area (Å²) in [7, 11) is 1.83. The first kappa shape index (κ1) is 9.72. The summed E-state index contributed by atoms with van der Waals surface area (Å²) >= 11 is 0. The van der Waals surface area contributed by atoms with Gasteiger partial charge in [-0.25, -0.2) is 0 Å². The number of hydrogen-bond acceptors (Lipinski definition) is 2. The predicted octanol–water partition coefficient (Wildman–Crippen LogP) is 1.79. The molecule has 3 heteroatoms. The lowest BCUT2D eigenvalue weighted by Gasteiger charge is -2.15. The highest BCUT2D eigenvalue weighted by Gasteiger charge is 2.29. The molecule has 0 aromatic heterocycles. The number of carbonyl (C=O) groups is 1. The molecule has 1 aromatic carbocycles. The van der Waals surface area contributed by atoms with Crippen LogP contribution in [0.15, 0.2) is 24.3 Å². The van der Waals surface area contributed by atoms with E-state index in [1.54, 1.807) is 29.2 Å². The molecule has 0 atom stereocenters. The van der Waals surface area contributed by atoms with E-state index < -0.39 is 0 Å². The number of rotatable bonds is 2. The molecular weight excluding hydrogens is 188 g/mol. The third-order valence-corrected chi connectivity index (χ3v) is 2.68. The minimum atomic E-state index is 0.0435. The van der Waals surface area contributed by atoms with E-state index in [-0.39, 0.29) is 5.91 Å². The van der Waals surface area contributed by atoms with Crippen molar-refractivity contribution in [2.75, 3.05) is 7.05 Å². The lowest BCUT2D eigenvalue weighted by molar-refractivity contribution is 0.0785. The third-order valence-electron chi connectivity index (χ3n) is 2.68. The molecule has 1 saturated carbocycles. The van der Waals surface area contributed by atoms with Crippen molar-refractivity contribution < 1.29 is 4.79 Å². The Labute approximate surface area is 88.9 Å². The van der Waals surface area contributed by atoms with E-state index in [1.165, 1.54) is 0 Å². The van der Waals surface area contributed by atoms with Crippen LogP contribution in [0.1, 0.15) is 28.8 Å². The predicted molar refractivity (Wildman–Crippen MR) is 56.3 cm³/mol. The number of benzene rings is 1. The maximum atomic E-state index is 11.9. The van der Waals surface area contributed by atoms with Gasteiger partial charge in [0.15, 0.2) is 0 Å². The van der Waals surface area contributed by atoms with Crippen molar-refractivity contribution in [1.29, 1.82) is 5.26 Å². The Kier molecular flexibility index (Phi) is 2.42.